The predicted octanol–water partition coefficient (Wildman–Crippen LogP) is 3.86. The van der Waals surface area contributed by atoms with Gasteiger partial charge in [-0.15, -0.1) is 0 Å². The molecule has 0 saturated carbocycles. The Labute approximate surface area is 98.0 Å². The van der Waals surface area contributed by atoms with Gasteiger partial charge in [0.25, 0.3) is 0 Å². The van der Waals surface area contributed by atoms with E-state index in [-0.39, 0.29) is 0 Å². The lowest BCUT2D eigenvalue weighted by Crippen LogP contribution is -2.06. The van der Waals surface area contributed by atoms with Gasteiger partial charge in [0.15, 0.2) is 0 Å². The largest absolute Gasteiger partial charge is 0.411 e. The maximum Gasteiger partial charge on any atom is 0.0836 e. The Morgan fingerprint density at radius 3 is 2.19 bits per heavy atom. The molecule has 0 heterocycles. The summed E-state index contributed by atoms with van der Waals surface area (Å²) in [6.45, 7) is 8.56. The monoisotopic (exact) mass is 219 g/mol. The summed E-state index contributed by atoms with van der Waals surface area (Å²) in [7, 11) is 0. The first-order valence-corrected chi connectivity index (χ1v) is 5.70. The van der Waals surface area contributed by atoms with Gasteiger partial charge in [-0.1, -0.05) is 50.2 Å². The van der Waals surface area contributed by atoms with Crippen LogP contribution in [0.15, 0.2) is 29.4 Å². The number of hydrogen-bond acceptors (Lipinski definition) is 2. The molecule has 2 nitrogen and oxygen atoms in total. The van der Waals surface area contributed by atoms with E-state index in [1.807, 2.05) is 12.1 Å². The van der Waals surface area contributed by atoms with Crippen LogP contribution in [0.4, 0.5) is 0 Å². The summed E-state index contributed by atoms with van der Waals surface area (Å²) in [5, 5.41) is 11.8. The van der Waals surface area contributed by atoms with Crippen molar-refractivity contribution in [1.82, 2.24) is 0 Å². The SMILES string of the molecule is C/C(=N/O)c1ccc(CCC(C)(C)C)cc1. The van der Waals surface area contributed by atoms with Gasteiger partial charge in [0.1, 0.15) is 0 Å². The third-order valence-electron chi connectivity index (χ3n) is 2.69. The van der Waals surface area contributed by atoms with Crippen molar-refractivity contribution in [1.29, 1.82) is 0 Å². The fourth-order valence-electron chi connectivity index (χ4n) is 1.49. The van der Waals surface area contributed by atoms with Gasteiger partial charge in [0.2, 0.25) is 0 Å². The molecule has 16 heavy (non-hydrogen) atoms. The summed E-state index contributed by atoms with van der Waals surface area (Å²) < 4.78 is 0. The average molecular weight is 219 g/mol. The zero-order valence-corrected chi connectivity index (χ0v) is 10.6. The van der Waals surface area contributed by atoms with Crippen molar-refractivity contribution in [3.8, 4) is 0 Å². The first-order chi connectivity index (χ1) is 7.42. The summed E-state index contributed by atoms with van der Waals surface area (Å²) in [4.78, 5) is 0. The lowest BCUT2D eigenvalue weighted by molar-refractivity contribution is 0.319. The van der Waals surface area contributed by atoms with Crippen LogP contribution in [0.1, 0.15) is 45.2 Å². The Hall–Kier alpha value is -1.31. The summed E-state index contributed by atoms with van der Waals surface area (Å²) >= 11 is 0. The fourth-order valence-corrected chi connectivity index (χ4v) is 1.49. The Balaban J connectivity index is 2.65. The third-order valence-corrected chi connectivity index (χ3v) is 2.69. The second-order valence-corrected chi connectivity index (χ2v) is 5.44. The van der Waals surface area contributed by atoms with Crippen LogP contribution < -0.4 is 0 Å². The molecule has 1 aromatic rings. The van der Waals surface area contributed by atoms with Gasteiger partial charge in [-0.3, -0.25) is 0 Å². The van der Waals surface area contributed by atoms with Crippen LogP contribution in [0.3, 0.4) is 0 Å². The molecular weight excluding hydrogens is 198 g/mol. The van der Waals surface area contributed by atoms with Gasteiger partial charge >= 0.3 is 0 Å². The van der Waals surface area contributed by atoms with Gasteiger partial charge < -0.3 is 5.21 Å². The van der Waals surface area contributed by atoms with E-state index >= 15 is 0 Å². The van der Waals surface area contributed by atoms with E-state index in [4.69, 9.17) is 5.21 Å². The highest BCUT2D eigenvalue weighted by Gasteiger charge is 2.09. The molecule has 0 bridgehead atoms. The van der Waals surface area contributed by atoms with Crippen LogP contribution in [0.5, 0.6) is 0 Å². The highest BCUT2D eigenvalue weighted by atomic mass is 16.4. The van der Waals surface area contributed by atoms with Crippen LogP contribution in [0.25, 0.3) is 0 Å². The van der Waals surface area contributed by atoms with Gasteiger partial charge in [-0.05, 0) is 36.3 Å². The molecule has 0 saturated heterocycles. The smallest absolute Gasteiger partial charge is 0.0836 e. The number of hydrogen-bond donors (Lipinski definition) is 1. The number of aryl methyl sites for hydroxylation is 1. The Bertz CT molecular complexity index is 357. The van der Waals surface area contributed by atoms with Crippen LogP contribution in [-0.4, -0.2) is 10.9 Å². The van der Waals surface area contributed by atoms with Crippen LogP contribution in [0.2, 0.25) is 0 Å². The lowest BCUT2D eigenvalue weighted by atomic mass is 9.88. The molecule has 0 aliphatic rings. The van der Waals surface area contributed by atoms with Crippen molar-refractivity contribution in [3.63, 3.8) is 0 Å². The molecule has 1 rings (SSSR count). The maximum atomic E-state index is 8.66. The van der Waals surface area contributed by atoms with Crippen molar-refractivity contribution >= 4 is 5.71 Å². The molecule has 1 N–H and O–H groups in total. The summed E-state index contributed by atoms with van der Waals surface area (Å²) in [5.41, 5.74) is 3.34. The summed E-state index contributed by atoms with van der Waals surface area (Å²) in [6, 6.07) is 8.23. The van der Waals surface area contributed by atoms with Crippen molar-refractivity contribution in [2.75, 3.05) is 0 Å². The van der Waals surface area contributed by atoms with Crippen molar-refractivity contribution < 1.29 is 5.21 Å². The maximum absolute atomic E-state index is 8.66. The second-order valence-electron chi connectivity index (χ2n) is 5.44. The molecule has 0 spiro atoms. The minimum Gasteiger partial charge on any atom is -0.411 e. The fraction of sp³-hybridized carbons (Fsp3) is 0.500. The lowest BCUT2D eigenvalue weighted by Gasteiger charge is -2.17. The van der Waals surface area contributed by atoms with Gasteiger partial charge in [0.05, 0.1) is 5.71 Å². The highest BCUT2D eigenvalue weighted by molar-refractivity contribution is 5.98. The molecule has 0 unspecified atom stereocenters. The Morgan fingerprint density at radius 1 is 1.19 bits per heavy atom. The van der Waals surface area contributed by atoms with Crippen LogP contribution in [-0.2, 0) is 6.42 Å². The van der Waals surface area contributed by atoms with E-state index in [1.54, 1.807) is 6.92 Å². The van der Waals surface area contributed by atoms with E-state index < -0.39 is 0 Å². The van der Waals surface area contributed by atoms with Crippen molar-refractivity contribution in [2.45, 2.75) is 40.5 Å². The predicted molar refractivity (Wildman–Crippen MR) is 68.2 cm³/mol. The zero-order chi connectivity index (χ0) is 12.2. The van der Waals surface area contributed by atoms with Crippen molar-refractivity contribution in [3.05, 3.63) is 35.4 Å². The zero-order valence-electron chi connectivity index (χ0n) is 10.6. The van der Waals surface area contributed by atoms with E-state index in [2.05, 4.69) is 38.1 Å². The molecular formula is C14H21NO. The molecule has 88 valence electrons. The summed E-state index contributed by atoms with van der Waals surface area (Å²) in [5.74, 6) is 0. The molecule has 0 fully saturated rings. The van der Waals surface area contributed by atoms with Crippen LogP contribution in [0, 0.1) is 5.41 Å². The van der Waals surface area contributed by atoms with E-state index in [1.165, 1.54) is 12.0 Å². The molecule has 0 aliphatic heterocycles. The molecule has 0 atom stereocenters. The first kappa shape index (κ1) is 12.8. The molecule has 0 aromatic heterocycles. The van der Waals surface area contributed by atoms with E-state index in [0.29, 0.717) is 11.1 Å². The minimum atomic E-state index is 0.376. The second kappa shape index (κ2) is 5.15. The Kier molecular flexibility index (Phi) is 4.11. The molecule has 2 heteroatoms. The van der Waals surface area contributed by atoms with Gasteiger partial charge in [0, 0.05) is 0 Å². The van der Waals surface area contributed by atoms with E-state index in [9.17, 15) is 0 Å². The molecule has 0 radical (unpaired) electrons. The highest BCUT2D eigenvalue weighted by Crippen LogP contribution is 2.21. The number of rotatable bonds is 3. The number of benzene rings is 1. The van der Waals surface area contributed by atoms with Crippen molar-refractivity contribution in [2.24, 2.45) is 10.6 Å². The topological polar surface area (TPSA) is 32.6 Å². The van der Waals surface area contributed by atoms with Crippen LogP contribution >= 0.6 is 0 Å². The Morgan fingerprint density at radius 2 is 1.75 bits per heavy atom. The molecule has 1 aromatic carbocycles. The summed E-state index contributed by atoms with van der Waals surface area (Å²) in [6.07, 6.45) is 2.28. The number of oxime groups is 1. The number of nitrogens with zero attached hydrogens (tertiary/aromatic N) is 1. The first-order valence-electron chi connectivity index (χ1n) is 5.70. The standard InChI is InChI=1S/C14H21NO/c1-11(15-16)13-7-5-12(6-8-13)9-10-14(2,3)4/h5-8,16H,9-10H2,1-4H3/b15-11-. The van der Waals surface area contributed by atoms with Gasteiger partial charge in [-0.2, -0.15) is 0 Å². The normalized spacial score (nSPS) is 12.9. The van der Waals surface area contributed by atoms with E-state index in [0.717, 1.165) is 12.0 Å². The molecule has 0 amide bonds. The molecule has 0 aliphatic carbocycles. The minimum absolute atomic E-state index is 0.376. The quantitative estimate of drug-likeness (QED) is 0.467. The third kappa shape index (κ3) is 4.05. The van der Waals surface area contributed by atoms with Gasteiger partial charge in [-0.25, -0.2) is 0 Å². The average Bonchev–Trinajstić information content (AvgIpc) is 2.25.